The molecule has 0 fully saturated rings. The molecule has 0 radical (unpaired) electrons. The molecule has 174 valence electrons. The van der Waals surface area contributed by atoms with Crippen LogP contribution in [0.25, 0.3) is 21.3 Å². The number of thiophene rings is 1. The Bertz CT molecular complexity index is 1430. The molecule has 7 nitrogen and oxygen atoms in total. The highest BCUT2D eigenvalue weighted by Gasteiger charge is 2.16. The first kappa shape index (κ1) is 23.4. The van der Waals surface area contributed by atoms with Crippen LogP contribution < -0.4 is 10.9 Å². The molecule has 2 aromatic carbocycles. The summed E-state index contributed by atoms with van der Waals surface area (Å²) in [7, 11) is 0. The zero-order valence-electron chi connectivity index (χ0n) is 19.4. The number of benzene rings is 2. The molecule has 8 heteroatoms. The molecule has 0 aliphatic rings. The van der Waals surface area contributed by atoms with E-state index < -0.39 is 5.97 Å². The lowest BCUT2D eigenvalue weighted by molar-refractivity contribution is -0.116. The number of nitrogens with zero attached hydrogens (tertiary/aromatic N) is 2. The normalized spacial score (nSPS) is 11.1. The van der Waals surface area contributed by atoms with Gasteiger partial charge in [-0.15, -0.1) is 11.3 Å². The summed E-state index contributed by atoms with van der Waals surface area (Å²) in [6, 6.07) is 12.5. The molecule has 1 amide bonds. The predicted molar refractivity (Wildman–Crippen MR) is 134 cm³/mol. The van der Waals surface area contributed by atoms with Crippen LogP contribution in [0.2, 0.25) is 0 Å². The molecule has 4 aromatic rings. The maximum atomic E-state index is 13.3. The van der Waals surface area contributed by atoms with Gasteiger partial charge in [-0.2, -0.15) is 0 Å². The first-order valence-corrected chi connectivity index (χ1v) is 11.8. The molecular formula is C26H25N3O4S. The van der Waals surface area contributed by atoms with Gasteiger partial charge in [-0.25, -0.2) is 9.78 Å². The van der Waals surface area contributed by atoms with Gasteiger partial charge in [0.15, 0.2) is 0 Å². The SMILES string of the molecule is Cc1ccc(-c2csc3ncn(CC(=O)Nc4ccc(C(=O)OC(C)C)cc4)c(=O)c23)c(C)c1. The number of hydrogen-bond acceptors (Lipinski definition) is 6. The molecule has 0 unspecified atom stereocenters. The van der Waals surface area contributed by atoms with Gasteiger partial charge in [-0.3, -0.25) is 14.2 Å². The van der Waals surface area contributed by atoms with E-state index in [4.69, 9.17) is 4.74 Å². The van der Waals surface area contributed by atoms with Gasteiger partial charge in [0.25, 0.3) is 5.56 Å². The monoisotopic (exact) mass is 475 g/mol. The molecule has 0 spiro atoms. The molecule has 1 N–H and O–H groups in total. The smallest absolute Gasteiger partial charge is 0.338 e. The number of hydrogen-bond donors (Lipinski definition) is 1. The van der Waals surface area contributed by atoms with Crippen molar-refractivity contribution in [3.05, 3.63) is 81.2 Å². The van der Waals surface area contributed by atoms with Gasteiger partial charge < -0.3 is 10.1 Å². The molecule has 34 heavy (non-hydrogen) atoms. The van der Waals surface area contributed by atoms with E-state index in [1.807, 2.05) is 31.4 Å². The third-order valence-corrected chi connectivity index (χ3v) is 6.18. The van der Waals surface area contributed by atoms with Gasteiger partial charge in [0.1, 0.15) is 11.4 Å². The number of nitrogens with one attached hydrogen (secondary N) is 1. The Kier molecular flexibility index (Phi) is 6.61. The summed E-state index contributed by atoms with van der Waals surface area (Å²) < 4.78 is 6.47. The Morgan fingerprint density at radius 2 is 1.82 bits per heavy atom. The molecule has 0 saturated carbocycles. The minimum absolute atomic E-state index is 0.179. The standard InChI is InChI=1S/C26H25N3O4S/c1-15(2)33-26(32)18-6-8-19(9-7-18)28-22(30)12-29-14-27-24-23(25(29)31)21(13-34-24)20-10-5-16(3)11-17(20)4/h5-11,13-15H,12H2,1-4H3,(H,28,30). The Balaban J connectivity index is 1.54. The number of esters is 1. The highest BCUT2D eigenvalue weighted by atomic mass is 32.1. The lowest BCUT2D eigenvalue weighted by Crippen LogP contribution is -2.27. The van der Waals surface area contributed by atoms with Crippen molar-refractivity contribution in [3.8, 4) is 11.1 Å². The van der Waals surface area contributed by atoms with E-state index in [9.17, 15) is 14.4 Å². The van der Waals surface area contributed by atoms with E-state index in [1.165, 1.54) is 22.2 Å². The van der Waals surface area contributed by atoms with E-state index in [0.717, 1.165) is 22.3 Å². The van der Waals surface area contributed by atoms with Crippen molar-refractivity contribution in [1.82, 2.24) is 9.55 Å². The Hall–Kier alpha value is -3.78. The maximum Gasteiger partial charge on any atom is 0.338 e. The van der Waals surface area contributed by atoms with E-state index in [-0.39, 0.29) is 24.1 Å². The fourth-order valence-electron chi connectivity index (χ4n) is 3.72. The second-order valence-electron chi connectivity index (χ2n) is 8.41. The summed E-state index contributed by atoms with van der Waals surface area (Å²) in [6.45, 7) is 7.42. The topological polar surface area (TPSA) is 90.3 Å². The van der Waals surface area contributed by atoms with Crippen LogP contribution >= 0.6 is 11.3 Å². The van der Waals surface area contributed by atoms with Crippen LogP contribution in [0.15, 0.2) is 59.0 Å². The van der Waals surface area contributed by atoms with Crippen LogP contribution in [0.3, 0.4) is 0 Å². The molecule has 2 heterocycles. The first-order valence-electron chi connectivity index (χ1n) is 10.9. The summed E-state index contributed by atoms with van der Waals surface area (Å²) >= 11 is 1.41. The van der Waals surface area contributed by atoms with Gasteiger partial charge in [0.05, 0.1) is 23.4 Å². The Morgan fingerprint density at radius 3 is 2.50 bits per heavy atom. The van der Waals surface area contributed by atoms with E-state index in [1.54, 1.807) is 38.1 Å². The number of anilines is 1. The van der Waals surface area contributed by atoms with Crippen molar-refractivity contribution in [2.45, 2.75) is 40.3 Å². The summed E-state index contributed by atoms with van der Waals surface area (Å²) in [4.78, 5) is 42.9. The predicted octanol–water partition coefficient (Wildman–Crippen LogP) is 4.95. The highest BCUT2D eigenvalue weighted by Crippen LogP contribution is 2.33. The zero-order valence-corrected chi connectivity index (χ0v) is 20.2. The summed E-state index contributed by atoms with van der Waals surface area (Å²) in [5.74, 6) is -0.793. The number of amides is 1. The number of aromatic nitrogens is 2. The van der Waals surface area contributed by atoms with Crippen LogP contribution in [0, 0.1) is 13.8 Å². The Labute approximate surface area is 201 Å². The fraction of sp³-hybridized carbons (Fsp3) is 0.231. The number of carbonyl (C=O) groups is 2. The number of fused-ring (bicyclic) bond motifs is 1. The van der Waals surface area contributed by atoms with Crippen LogP contribution in [0.4, 0.5) is 5.69 Å². The van der Waals surface area contributed by atoms with Crippen molar-refractivity contribution in [2.24, 2.45) is 0 Å². The first-order chi connectivity index (χ1) is 16.2. The molecule has 0 atom stereocenters. The molecule has 2 aromatic heterocycles. The minimum Gasteiger partial charge on any atom is -0.459 e. The number of ether oxygens (including phenoxy) is 1. The van der Waals surface area contributed by atoms with Crippen molar-refractivity contribution in [3.63, 3.8) is 0 Å². The van der Waals surface area contributed by atoms with Crippen LogP contribution in [0.5, 0.6) is 0 Å². The average molecular weight is 476 g/mol. The van der Waals surface area contributed by atoms with Gasteiger partial charge >= 0.3 is 5.97 Å². The quantitative estimate of drug-likeness (QED) is 0.399. The molecule has 0 aliphatic carbocycles. The van der Waals surface area contributed by atoms with Crippen LogP contribution in [0.1, 0.15) is 35.3 Å². The molecule has 0 saturated heterocycles. The third-order valence-electron chi connectivity index (χ3n) is 5.29. The van der Waals surface area contributed by atoms with Gasteiger partial charge in [-0.1, -0.05) is 23.8 Å². The molecule has 0 aliphatic heterocycles. The van der Waals surface area contributed by atoms with Gasteiger partial charge in [0, 0.05) is 16.6 Å². The van der Waals surface area contributed by atoms with E-state index in [0.29, 0.717) is 21.5 Å². The van der Waals surface area contributed by atoms with Crippen molar-refractivity contribution < 1.29 is 14.3 Å². The summed E-state index contributed by atoms with van der Waals surface area (Å²) in [5, 5.41) is 5.20. The number of aryl methyl sites for hydroxylation is 2. The van der Waals surface area contributed by atoms with E-state index >= 15 is 0 Å². The summed E-state index contributed by atoms with van der Waals surface area (Å²) in [5.41, 5.74) is 4.69. The summed E-state index contributed by atoms with van der Waals surface area (Å²) in [6.07, 6.45) is 1.19. The van der Waals surface area contributed by atoms with Crippen LogP contribution in [-0.4, -0.2) is 27.5 Å². The van der Waals surface area contributed by atoms with E-state index in [2.05, 4.69) is 16.4 Å². The van der Waals surface area contributed by atoms with Gasteiger partial charge in [0.2, 0.25) is 5.91 Å². The van der Waals surface area contributed by atoms with Gasteiger partial charge in [-0.05, 0) is 63.1 Å². The molecule has 0 bridgehead atoms. The number of rotatable bonds is 6. The molecular weight excluding hydrogens is 450 g/mol. The van der Waals surface area contributed by atoms with Crippen molar-refractivity contribution in [2.75, 3.05) is 5.32 Å². The average Bonchev–Trinajstić information content (AvgIpc) is 3.20. The van der Waals surface area contributed by atoms with Crippen LogP contribution in [-0.2, 0) is 16.1 Å². The Morgan fingerprint density at radius 1 is 1.09 bits per heavy atom. The second-order valence-corrected chi connectivity index (χ2v) is 9.26. The van der Waals surface area contributed by atoms with Crippen molar-refractivity contribution in [1.29, 1.82) is 0 Å². The largest absolute Gasteiger partial charge is 0.459 e. The lowest BCUT2D eigenvalue weighted by Gasteiger charge is -2.10. The zero-order chi connectivity index (χ0) is 24.4. The fourth-order valence-corrected chi connectivity index (χ4v) is 4.62. The maximum absolute atomic E-state index is 13.3. The lowest BCUT2D eigenvalue weighted by atomic mass is 9.99. The van der Waals surface area contributed by atoms with Crippen molar-refractivity contribution >= 4 is 39.1 Å². The highest BCUT2D eigenvalue weighted by molar-refractivity contribution is 7.17. The third kappa shape index (κ3) is 4.92. The second kappa shape index (κ2) is 9.61. The number of carbonyl (C=O) groups excluding carboxylic acids is 2. The minimum atomic E-state index is -0.422. The molecule has 4 rings (SSSR count).